The maximum absolute atomic E-state index is 13.3. The van der Waals surface area contributed by atoms with E-state index in [4.69, 9.17) is 4.52 Å². The second-order valence-corrected chi connectivity index (χ2v) is 5.97. The number of halogens is 2. The van der Waals surface area contributed by atoms with E-state index in [1.54, 1.807) is 0 Å². The van der Waals surface area contributed by atoms with Crippen molar-refractivity contribution < 1.29 is 13.3 Å². The van der Waals surface area contributed by atoms with Crippen LogP contribution in [-0.4, -0.2) is 34.2 Å². The number of thioether (sulfide) groups is 1. The van der Waals surface area contributed by atoms with E-state index >= 15 is 0 Å². The molecule has 1 saturated heterocycles. The minimum atomic E-state index is -0.916. The summed E-state index contributed by atoms with van der Waals surface area (Å²) in [6.45, 7) is 2.94. The number of hydrogen-bond donors (Lipinski definition) is 1. The van der Waals surface area contributed by atoms with Gasteiger partial charge in [0.15, 0.2) is 11.6 Å². The molecule has 1 fully saturated rings. The average Bonchev–Trinajstić information content (AvgIpc) is 3.10. The number of nitrogens with zero attached hydrogens (tertiary/aromatic N) is 2. The number of aromatic nitrogens is 2. The average molecular weight is 311 g/mol. The molecule has 4 nitrogen and oxygen atoms in total. The highest BCUT2D eigenvalue weighted by Gasteiger charge is 2.33. The summed E-state index contributed by atoms with van der Waals surface area (Å²) in [5.74, 6) is 1.10. The highest BCUT2D eigenvalue weighted by molar-refractivity contribution is 7.99. The zero-order chi connectivity index (χ0) is 14.8. The molecule has 21 heavy (non-hydrogen) atoms. The second-order valence-electron chi connectivity index (χ2n) is 4.89. The number of likely N-dealkylation sites (N-methyl/N-ethyl adjacent to an activating group) is 1. The van der Waals surface area contributed by atoms with E-state index in [-0.39, 0.29) is 11.7 Å². The van der Waals surface area contributed by atoms with Gasteiger partial charge in [-0.25, -0.2) is 8.78 Å². The Bertz CT molecular complexity index is 634. The fourth-order valence-corrected chi connectivity index (χ4v) is 3.77. The Hall–Kier alpha value is -1.47. The first kappa shape index (κ1) is 14.5. The lowest BCUT2D eigenvalue weighted by Crippen LogP contribution is -2.34. The van der Waals surface area contributed by atoms with E-state index in [1.807, 2.05) is 11.8 Å². The molecule has 1 aliphatic rings. The van der Waals surface area contributed by atoms with Gasteiger partial charge >= 0.3 is 0 Å². The predicted molar refractivity (Wildman–Crippen MR) is 77.2 cm³/mol. The van der Waals surface area contributed by atoms with Gasteiger partial charge < -0.3 is 9.84 Å². The van der Waals surface area contributed by atoms with Crippen molar-refractivity contribution in [2.75, 3.05) is 18.1 Å². The van der Waals surface area contributed by atoms with Crippen molar-refractivity contribution in [2.24, 2.45) is 0 Å². The summed E-state index contributed by atoms with van der Waals surface area (Å²) in [5, 5.41) is 7.28. The first-order chi connectivity index (χ1) is 10.2. The molecule has 3 rings (SSSR count). The van der Waals surface area contributed by atoms with E-state index in [0.717, 1.165) is 30.2 Å². The Morgan fingerprint density at radius 3 is 2.95 bits per heavy atom. The van der Waals surface area contributed by atoms with Gasteiger partial charge in [-0.3, -0.25) is 0 Å². The van der Waals surface area contributed by atoms with Crippen LogP contribution < -0.4 is 5.32 Å². The SMILES string of the molecule is CCNC1CSCC1c1nc(-c2ccc(F)c(F)c2)no1. The summed E-state index contributed by atoms with van der Waals surface area (Å²) in [7, 11) is 0. The third kappa shape index (κ3) is 2.94. The zero-order valence-electron chi connectivity index (χ0n) is 11.5. The molecule has 1 aromatic carbocycles. The molecule has 112 valence electrons. The summed E-state index contributed by atoms with van der Waals surface area (Å²) in [6, 6.07) is 3.89. The van der Waals surface area contributed by atoms with Gasteiger partial charge in [0.05, 0.1) is 5.92 Å². The van der Waals surface area contributed by atoms with Gasteiger partial charge in [-0.2, -0.15) is 16.7 Å². The van der Waals surface area contributed by atoms with Crippen LogP contribution in [-0.2, 0) is 0 Å². The first-order valence-electron chi connectivity index (χ1n) is 6.79. The Kier molecular flexibility index (Phi) is 4.21. The maximum Gasteiger partial charge on any atom is 0.232 e. The molecule has 2 heterocycles. The Morgan fingerprint density at radius 1 is 1.33 bits per heavy atom. The molecule has 2 unspecified atom stereocenters. The number of benzene rings is 1. The third-order valence-electron chi connectivity index (χ3n) is 3.48. The van der Waals surface area contributed by atoms with E-state index < -0.39 is 11.6 Å². The lowest BCUT2D eigenvalue weighted by molar-refractivity contribution is 0.340. The molecule has 2 aromatic rings. The van der Waals surface area contributed by atoms with E-state index in [1.165, 1.54) is 6.07 Å². The Balaban J connectivity index is 1.84. The minimum absolute atomic E-state index is 0.154. The molecule has 0 saturated carbocycles. The van der Waals surface area contributed by atoms with Crippen LogP contribution >= 0.6 is 11.8 Å². The van der Waals surface area contributed by atoms with Crippen LogP contribution in [0.5, 0.6) is 0 Å². The second kappa shape index (κ2) is 6.11. The topological polar surface area (TPSA) is 51.0 Å². The van der Waals surface area contributed by atoms with Gasteiger partial charge in [0, 0.05) is 23.1 Å². The van der Waals surface area contributed by atoms with Crippen LogP contribution in [0.4, 0.5) is 8.78 Å². The molecule has 0 radical (unpaired) electrons. The zero-order valence-corrected chi connectivity index (χ0v) is 12.3. The van der Waals surface area contributed by atoms with Crippen molar-refractivity contribution in [2.45, 2.75) is 18.9 Å². The van der Waals surface area contributed by atoms with Gasteiger partial charge in [-0.1, -0.05) is 12.1 Å². The summed E-state index contributed by atoms with van der Waals surface area (Å²) in [6.07, 6.45) is 0. The van der Waals surface area contributed by atoms with Crippen LogP contribution in [0.15, 0.2) is 22.7 Å². The van der Waals surface area contributed by atoms with Crippen LogP contribution in [0, 0.1) is 11.6 Å². The Morgan fingerprint density at radius 2 is 2.19 bits per heavy atom. The largest absolute Gasteiger partial charge is 0.339 e. The van der Waals surface area contributed by atoms with Crippen LogP contribution in [0.25, 0.3) is 11.4 Å². The van der Waals surface area contributed by atoms with Crippen molar-refractivity contribution >= 4 is 11.8 Å². The van der Waals surface area contributed by atoms with Crippen molar-refractivity contribution in [1.82, 2.24) is 15.5 Å². The summed E-state index contributed by atoms with van der Waals surface area (Å²) < 4.78 is 31.5. The Labute approximate surface area is 125 Å². The maximum atomic E-state index is 13.3. The van der Waals surface area contributed by atoms with Gasteiger partial charge in [0.1, 0.15) is 0 Å². The molecule has 0 bridgehead atoms. The number of nitrogens with one attached hydrogen (secondary N) is 1. The van der Waals surface area contributed by atoms with E-state index in [0.29, 0.717) is 17.5 Å². The quantitative estimate of drug-likeness (QED) is 0.941. The normalized spacial score (nSPS) is 21.9. The molecule has 1 aromatic heterocycles. The molecule has 1 N–H and O–H groups in total. The highest BCUT2D eigenvalue weighted by Crippen LogP contribution is 2.33. The fraction of sp³-hybridized carbons (Fsp3) is 0.429. The van der Waals surface area contributed by atoms with E-state index in [2.05, 4.69) is 22.4 Å². The summed E-state index contributed by atoms with van der Waals surface area (Å²) >= 11 is 1.83. The van der Waals surface area contributed by atoms with Gasteiger partial charge in [-0.05, 0) is 24.7 Å². The van der Waals surface area contributed by atoms with Gasteiger partial charge in [0.2, 0.25) is 11.7 Å². The molecule has 2 atom stereocenters. The third-order valence-corrected chi connectivity index (χ3v) is 4.67. The standard InChI is InChI=1S/C14H15F2N3OS/c1-2-17-12-7-21-6-9(12)14-18-13(19-20-14)8-3-4-10(15)11(16)5-8/h3-5,9,12,17H,2,6-7H2,1H3. The fourth-order valence-electron chi connectivity index (χ4n) is 2.40. The molecule has 1 aliphatic heterocycles. The van der Waals surface area contributed by atoms with Crippen LogP contribution in [0.1, 0.15) is 18.7 Å². The van der Waals surface area contributed by atoms with Gasteiger partial charge in [0.25, 0.3) is 0 Å². The first-order valence-corrected chi connectivity index (χ1v) is 7.94. The van der Waals surface area contributed by atoms with Crippen molar-refractivity contribution in [3.05, 3.63) is 35.7 Å². The number of rotatable bonds is 4. The van der Waals surface area contributed by atoms with E-state index in [9.17, 15) is 8.78 Å². The molecular formula is C14H15F2N3OS. The van der Waals surface area contributed by atoms with Crippen molar-refractivity contribution in [1.29, 1.82) is 0 Å². The lowest BCUT2D eigenvalue weighted by atomic mass is 10.0. The minimum Gasteiger partial charge on any atom is -0.339 e. The lowest BCUT2D eigenvalue weighted by Gasteiger charge is -2.15. The van der Waals surface area contributed by atoms with Gasteiger partial charge in [-0.15, -0.1) is 0 Å². The van der Waals surface area contributed by atoms with Crippen molar-refractivity contribution in [3.8, 4) is 11.4 Å². The van der Waals surface area contributed by atoms with Crippen LogP contribution in [0.2, 0.25) is 0 Å². The predicted octanol–water partition coefficient (Wildman–Crippen LogP) is 2.82. The molecule has 0 spiro atoms. The van der Waals surface area contributed by atoms with Crippen molar-refractivity contribution in [3.63, 3.8) is 0 Å². The molecule has 0 aliphatic carbocycles. The van der Waals surface area contributed by atoms with Crippen LogP contribution in [0.3, 0.4) is 0 Å². The highest BCUT2D eigenvalue weighted by atomic mass is 32.2. The number of hydrogen-bond acceptors (Lipinski definition) is 5. The monoisotopic (exact) mass is 311 g/mol. The molecular weight excluding hydrogens is 296 g/mol. The smallest absolute Gasteiger partial charge is 0.232 e. The summed E-state index contributed by atoms with van der Waals surface area (Å²) in [4.78, 5) is 4.35. The molecule has 7 heteroatoms. The molecule has 0 amide bonds. The summed E-state index contributed by atoms with van der Waals surface area (Å²) in [5.41, 5.74) is 0.412.